The van der Waals surface area contributed by atoms with Crippen LogP contribution in [0.5, 0.6) is 0 Å². The highest BCUT2D eigenvalue weighted by Crippen LogP contribution is 2.20. The van der Waals surface area contributed by atoms with E-state index in [2.05, 4.69) is 14.5 Å². The van der Waals surface area contributed by atoms with E-state index in [0.29, 0.717) is 11.8 Å². The number of thioether (sulfide) groups is 1. The van der Waals surface area contributed by atoms with Crippen molar-refractivity contribution < 1.29 is 9.53 Å². The van der Waals surface area contributed by atoms with E-state index >= 15 is 0 Å². The summed E-state index contributed by atoms with van der Waals surface area (Å²) in [7, 11) is 1.69. The van der Waals surface area contributed by atoms with Crippen LogP contribution in [-0.4, -0.2) is 39.8 Å². The van der Waals surface area contributed by atoms with Gasteiger partial charge in [-0.25, -0.2) is 4.98 Å². The zero-order chi connectivity index (χ0) is 19.1. The maximum absolute atomic E-state index is 12.7. The largest absolute Gasteiger partial charge is 0.385 e. The summed E-state index contributed by atoms with van der Waals surface area (Å²) in [6, 6.07) is 3.46. The van der Waals surface area contributed by atoms with E-state index in [1.165, 1.54) is 17.8 Å². The molecule has 142 valence electrons. The number of ketones is 1. The van der Waals surface area contributed by atoms with Crippen LogP contribution in [0.1, 0.15) is 47.2 Å². The summed E-state index contributed by atoms with van der Waals surface area (Å²) in [5.74, 6) is 0.297. The maximum Gasteiger partial charge on any atom is 0.251 e. The summed E-state index contributed by atoms with van der Waals surface area (Å²) >= 11 is 1.28. The number of methoxy groups -OCH3 is 1. The fraction of sp³-hybridized carbons (Fsp3) is 0.526. The van der Waals surface area contributed by atoms with Crippen LogP contribution in [0.2, 0.25) is 0 Å². The van der Waals surface area contributed by atoms with Crippen molar-refractivity contribution in [1.82, 2.24) is 14.5 Å². The first-order valence-corrected chi connectivity index (χ1v) is 9.86. The fourth-order valence-corrected chi connectivity index (χ4v) is 3.72. The fourth-order valence-electron chi connectivity index (χ4n) is 2.94. The van der Waals surface area contributed by atoms with E-state index in [0.717, 1.165) is 48.5 Å². The molecule has 2 heterocycles. The molecule has 7 heteroatoms. The molecule has 0 amide bonds. The molecule has 1 N–H and O–H groups in total. The second-order valence-corrected chi connectivity index (χ2v) is 7.25. The van der Waals surface area contributed by atoms with Gasteiger partial charge in [0.15, 0.2) is 10.9 Å². The number of carbonyl (C=O) groups is 1. The lowest BCUT2D eigenvalue weighted by molar-refractivity contribution is 0.102. The third-order valence-corrected chi connectivity index (χ3v) is 5.10. The molecule has 0 aromatic carbocycles. The van der Waals surface area contributed by atoms with Gasteiger partial charge in [-0.15, -0.1) is 0 Å². The zero-order valence-electron chi connectivity index (χ0n) is 15.9. The number of aromatic nitrogens is 3. The van der Waals surface area contributed by atoms with Crippen LogP contribution >= 0.6 is 11.8 Å². The van der Waals surface area contributed by atoms with Gasteiger partial charge in [-0.1, -0.05) is 25.1 Å². The lowest BCUT2D eigenvalue weighted by Gasteiger charge is -2.09. The van der Waals surface area contributed by atoms with Gasteiger partial charge in [0.2, 0.25) is 0 Å². The number of Topliss-reactive ketones (excluding diaryl/α,β-unsaturated/α-hetero) is 1. The summed E-state index contributed by atoms with van der Waals surface area (Å²) < 4.78 is 7.25. The number of H-pyrrole nitrogens is 1. The van der Waals surface area contributed by atoms with Crippen molar-refractivity contribution in [2.75, 3.05) is 19.5 Å². The van der Waals surface area contributed by atoms with Crippen molar-refractivity contribution in [1.29, 1.82) is 0 Å². The Morgan fingerprint density at radius 3 is 2.81 bits per heavy atom. The number of nitrogens with one attached hydrogen (secondary N) is 1. The molecule has 0 atom stereocenters. The van der Waals surface area contributed by atoms with Crippen molar-refractivity contribution in [3.8, 4) is 0 Å². The van der Waals surface area contributed by atoms with Crippen LogP contribution in [-0.2, 0) is 17.7 Å². The predicted molar refractivity (Wildman–Crippen MR) is 104 cm³/mol. The average Bonchev–Trinajstić information content (AvgIpc) is 2.88. The molecule has 26 heavy (non-hydrogen) atoms. The third kappa shape index (κ3) is 5.32. The molecule has 0 bridgehead atoms. The maximum atomic E-state index is 12.7. The molecule has 2 rings (SSSR count). The molecular weight excluding hydrogens is 350 g/mol. The van der Waals surface area contributed by atoms with Gasteiger partial charge in [-0.3, -0.25) is 9.59 Å². The first-order chi connectivity index (χ1) is 12.5. The highest BCUT2D eigenvalue weighted by Gasteiger charge is 2.16. The van der Waals surface area contributed by atoms with Crippen LogP contribution < -0.4 is 5.56 Å². The van der Waals surface area contributed by atoms with Crippen LogP contribution in [0.15, 0.2) is 22.1 Å². The minimum absolute atomic E-state index is 0.0460. The van der Waals surface area contributed by atoms with Crippen LogP contribution in [0, 0.1) is 13.8 Å². The number of ether oxygens (including phenoxy) is 1. The second-order valence-electron chi connectivity index (χ2n) is 6.29. The predicted octanol–water partition coefficient (Wildman–Crippen LogP) is 3.15. The quantitative estimate of drug-likeness (QED) is 0.298. The SMILES string of the molecule is CCCc1cc(=O)[nH]c(SCC(=O)c2cc(C)n(CCCOC)c2C)n1. The minimum atomic E-state index is -0.172. The van der Waals surface area contributed by atoms with Gasteiger partial charge >= 0.3 is 0 Å². The Kier molecular flexibility index (Phi) is 7.66. The lowest BCUT2D eigenvalue weighted by Crippen LogP contribution is -2.12. The van der Waals surface area contributed by atoms with E-state index in [4.69, 9.17) is 4.74 Å². The number of nitrogens with zero attached hydrogens (tertiary/aromatic N) is 2. The Morgan fingerprint density at radius 1 is 1.35 bits per heavy atom. The lowest BCUT2D eigenvalue weighted by atomic mass is 10.2. The van der Waals surface area contributed by atoms with Crippen molar-refractivity contribution in [2.45, 2.75) is 51.7 Å². The summed E-state index contributed by atoms with van der Waals surface area (Å²) in [6.07, 6.45) is 2.59. The summed E-state index contributed by atoms with van der Waals surface area (Å²) in [4.78, 5) is 31.5. The smallest absolute Gasteiger partial charge is 0.251 e. The molecule has 0 radical (unpaired) electrons. The summed E-state index contributed by atoms with van der Waals surface area (Å²) in [5, 5.41) is 0.503. The monoisotopic (exact) mass is 377 g/mol. The number of hydrogen-bond donors (Lipinski definition) is 1. The van der Waals surface area contributed by atoms with Gasteiger partial charge in [-0.05, 0) is 32.8 Å². The number of hydrogen-bond acceptors (Lipinski definition) is 5. The van der Waals surface area contributed by atoms with Crippen LogP contribution in [0.25, 0.3) is 0 Å². The van der Waals surface area contributed by atoms with Gasteiger partial charge in [0.1, 0.15) is 0 Å². The molecule has 2 aromatic heterocycles. The molecule has 0 fully saturated rings. The van der Waals surface area contributed by atoms with Crippen molar-refractivity contribution in [2.24, 2.45) is 0 Å². The summed E-state index contributed by atoms with van der Waals surface area (Å²) in [6.45, 7) is 7.56. The molecular formula is C19H27N3O3S. The third-order valence-electron chi connectivity index (χ3n) is 4.22. The Hall–Kier alpha value is -1.86. The molecule has 0 spiro atoms. The Bertz CT molecular complexity index is 811. The normalized spacial score (nSPS) is 11.1. The van der Waals surface area contributed by atoms with E-state index in [9.17, 15) is 9.59 Å². The molecule has 0 unspecified atom stereocenters. The van der Waals surface area contributed by atoms with E-state index in [1.807, 2.05) is 26.8 Å². The van der Waals surface area contributed by atoms with Gasteiger partial charge in [-0.2, -0.15) is 0 Å². The van der Waals surface area contributed by atoms with Crippen LogP contribution in [0.4, 0.5) is 0 Å². The van der Waals surface area contributed by atoms with Crippen molar-refractivity contribution in [3.05, 3.63) is 45.1 Å². The van der Waals surface area contributed by atoms with E-state index in [1.54, 1.807) is 7.11 Å². The van der Waals surface area contributed by atoms with E-state index in [-0.39, 0.29) is 17.1 Å². The standard InChI is InChI=1S/C19H27N3O3S/c1-5-7-15-11-18(24)21-19(20-15)26-12-17(23)16-10-13(2)22(14(16)3)8-6-9-25-4/h10-11H,5-9,12H2,1-4H3,(H,20,21,24). The van der Waals surface area contributed by atoms with Gasteiger partial charge < -0.3 is 14.3 Å². The summed E-state index contributed by atoms with van der Waals surface area (Å²) in [5.41, 5.74) is 3.38. The minimum Gasteiger partial charge on any atom is -0.385 e. The zero-order valence-corrected chi connectivity index (χ0v) is 16.7. The average molecular weight is 378 g/mol. The molecule has 0 saturated carbocycles. The van der Waals surface area contributed by atoms with Gasteiger partial charge in [0, 0.05) is 49.0 Å². The van der Waals surface area contributed by atoms with Crippen molar-refractivity contribution in [3.63, 3.8) is 0 Å². The number of rotatable bonds is 10. The molecule has 6 nitrogen and oxygen atoms in total. The highest BCUT2D eigenvalue weighted by atomic mass is 32.2. The number of carbonyl (C=O) groups excluding carboxylic acids is 1. The highest BCUT2D eigenvalue weighted by molar-refractivity contribution is 7.99. The molecule has 0 saturated heterocycles. The molecule has 0 aliphatic heterocycles. The first kappa shape index (κ1) is 20.5. The topological polar surface area (TPSA) is 77.0 Å². The second kappa shape index (κ2) is 9.73. The number of aryl methyl sites for hydroxylation is 2. The molecule has 0 aliphatic rings. The van der Waals surface area contributed by atoms with Crippen LogP contribution in [0.3, 0.4) is 0 Å². The molecule has 2 aromatic rings. The Morgan fingerprint density at radius 2 is 2.12 bits per heavy atom. The van der Waals surface area contributed by atoms with Gasteiger partial charge in [0.05, 0.1) is 5.75 Å². The van der Waals surface area contributed by atoms with Crippen molar-refractivity contribution >= 4 is 17.5 Å². The van der Waals surface area contributed by atoms with Gasteiger partial charge in [0.25, 0.3) is 5.56 Å². The number of aromatic amines is 1. The molecule has 0 aliphatic carbocycles. The Balaban J connectivity index is 2.06. The Labute approximate surface area is 158 Å². The first-order valence-electron chi connectivity index (χ1n) is 8.88. The van der Waals surface area contributed by atoms with E-state index < -0.39 is 0 Å².